The molecule has 2 aromatic heterocycles. The number of fused-ring (bicyclic) bond motifs is 1. The lowest BCUT2D eigenvalue weighted by molar-refractivity contribution is -0.131. The van der Waals surface area contributed by atoms with Crippen LogP contribution in [0.15, 0.2) is 47.4 Å². The van der Waals surface area contributed by atoms with E-state index >= 15 is 0 Å². The number of aryl methyl sites for hydroxylation is 1. The Morgan fingerprint density at radius 2 is 2.08 bits per heavy atom. The fourth-order valence-corrected chi connectivity index (χ4v) is 3.54. The minimum Gasteiger partial charge on any atom is -0.339 e. The SMILES string of the molecule is Cc1nc2ccccc2n1[C@H]1CCN(C(=O)Cn2ncccc2=O)C1. The average molecular weight is 337 g/mol. The van der Waals surface area contributed by atoms with E-state index in [0.29, 0.717) is 13.1 Å². The molecule has 0 bridgehead atoms. The van der Waals surface area contributed by atoms with E-state index in [1.165, 1.54) is 16.9 Å². The number of carbonyl (C=O) groups is 1. The van der Waals surface area contributed by atoms with Crippen LogP contribution in [0.5, 0.6) is 0 Å². The van der Waals surface area contributed by atoms with Crippen molar-refractivity contribution < 1.29 is 4.79 Å². The van der Waals surface area contributed by atoms with Crippen molar-refractivity contribution in [2.45, 2.75) is 25.9 Å². The van der Waals surface area contributed by atoms with Crippen molar-refractivity contribution in [2.75, 3.05) is 13.1 Å². The molecule has 7 heteroatoms. The number of hydrogen-bond donors (Lipinski definition) is 0. The Morgan fingerprint density at radius 3 is 2.92 bits per heavy atom. The van der Waals surface area contributed by atoms with Crippen LogP contribution in [-0.4, -0.2) is 43.2 Å². The van der Waals surface area contributed by atoms with Crippen LogP contribution in [-0.2, 0) is 11.3 Å². The van der Waals surface area contributed by atoms with Crippen molar-refractivity contribution in [2.24, 2.45) is 0 Å². The van der Waals surface area contributed by atoms with Gasteiger partial charge in [0.2, 0.25) is 5.91 Å². The maximum Gasteiger partial charge on any atom is 0.267 e. The topological polar surface area (TPSA) is 73.0 Å². The second kappa shape index (κ2) is 6.16. The molecule has 1 aromatic carbocycles. The quantitative estimate of drug-likeness (QED) is 0.724. The zero-order chi connectivity index (χ0) is 17.4. The third-order valence-electron chi connectivity index (χ3n) is 4.72. The zero-order valence-electron chi connectivity index (χ0n) is 14.0. The molecule has 0 spiro atoms. The van der Waals surface area contributed by atoms with Gasteiger partial charge in [0, 0.05) is 25.4 Å². The molecule has 0 radical (unpaired) electrons. The minimum absolute atomic E-state index is 0.0178. The highest BCUT2D eigenvalue weighted by Gasteiger charge is 2.29. The number of carbonyl (C=O) groups excluding carboxylic acids is 1. The van der Waals surface area contributed by atoms with Crippen LogP contribution < -0.4 is 5.56 Å². The Morgan fingerprint density at radius 1 is 1.24 bits per heavy atom. The standard InChI is InChI=1S/C18H19N5O2/c1-13-20-15-5-2-3-6-16(15)23(13)14-8-10-21(11-14)18(25)12-22-17(24)7-4-9-19-22/h2-7,9,14H,8,10-12H2,1H3/t14-/m0/s1. The lowest BCUT2D eigenvalue weighted by Crippen LogP contribution is -2.36. The van der Waals surface area contributed by atoms with Crippen molar-refractivity contribution in [3.8, 4) is 0 Å². The molecule has 1 amide bonds. The van der Waals surface area contributed by atoms with E-state index in [1.807, 2.05) is 25.1 Å². The van der Waals surface area contributed by atoms with Gasteiger partial charge in [-0.15, -0.1) is 0 Å². The first-order chi connectivity index (χ1) is 12.1. The molecule has 0 unspecified atom stereocenters. The summed E-state index contributed by atoms with van der Waals surface area (Å²) >= 11 is 0. The van der Waals surface area contributed by atoms with Gasteiger partial charge in [-0.1, -0.05) is 12.1 Å². The number of amides is 1. The van der Waals surface area contributed by atoms with E-state index in [4.69, 9.17) is 0 Å². The van der Waals surface area contributed by atoms with Crippen molar-refractivity contribution in [1.29, 1.82) is 0 Å². The predicted octanol–water partition coefficient (Wildman–Crippen LogP) is 1.38. The molecule has 3 aromatic rings. The Kier molecular flexibility index (Phi) is 3.83. The highest BCUT2D eigenvalue weighted by atomic mass is 16.2. The highest BCUT2D eigenvalue weighted by Crippen LogP contribution is 2.28. The third-order valence-corrected chi connectivity index (χ3v) is 4.72. The van der Waals surface area contributed by atoms with E-state index < -0.39 is 0 Å². The van der Waals surface area contributed by atoms with Gasteiger partial charge in [-0.25, -0.2) is 9.67 Å². The number of benzene rings is 1. The Balaban J connectivity index is 1.53. The number of likely N-dealkylation sites (tertiary alicyclic amines) is 1. The fourth-order valence-electron chi connectivity index (χ4n) is 3.54. The lowest BCUT2D eigenvalue weighted by atomic mass is 10.2. The lowest BCUT2D eigenvalue weighted by Gasteiger charge is -2.18. The second-order valence-corrected chi connectivity index (χ2v) is 6.32. The van der Waals surface area contributed by atoms with Gasteiger partial charge in [-0.05, 0) is 31.5 Å². The number of aromatic nitrogens is 4. The summed E-state index contributed by atoms with van der Waals surface area (Å²) in [5.41, 5.74) is 1.81. The molecule has 0 saturated carbocycles. The third kappa shape index (κ3) is 2.82. The van der Waals surface area contributed by atoms with E-state index in [2.05, 4.69) is 20.7 Å². The Hall–Kier alpha value is -2.96. The molecular formula is C18H19N5O2. The fraction of sp³-hybridized carbons (Fsp3) is 0.333. The number of hydrogen-bond acceptors (Lipinski definition) is 4. The first-order valence-electron chi connectivity index (χ1n) is 8.37. The molecule has 128 valence electrons. The van der Waals surface area contributed by atoms with E-state index in [9.17, 15) is 9.59 Å². The van der Waals surface area contributed by atoms with Gasteiger partial charge in [0.25, 0.3) is 5.56 Å². The largest absolute Gasteiger partial charge is 0.339 e. The number of imidazole rings is 1. The second-order valence-electron chi connectivity index (χ2n) is 6.32. The Labute approximate surface area is 144 Å². The molecule has 1 aliphatic heterocycles. The van der Waals surface area contributed by atoms with Gasteiger partial charge in [0.1, 0.15) is 12.4 Å². The van der Waals surface area contributed by atoms with Gasteiger partial charge in [-0.2, -0.15) is 5.10 Å². The van der Waals surface area contributed by atoms with Crippen molar-refractivity contribution in [3.63, 3.8) is 0 Å². The molecule has 0 N–H and O–H groups in total. The van der Waals surface area contributed by atoms with Gasteiger partial charge >= 0.3 is 0 Å². The monoisotopic (exact) mass is 337 g/mol. The van der Waals surface area contributed by atoms with Gasteiger partial charge < -0.3 is 9.47 Å². The van der Waals surface area contributed by atoms with Crippen molar-refractivity contribution in [1.82, 2.24) is 24.2 Å². The van der Waals surface area contributed by atoms with Crippen LogP contribution in [0.4, 0.5) is 0 Å². The molecule has 4 rings (SSSR count). The average Bonchev–Trinajstić information content (AvgIpc) is 3.20. The first-order valence-corrected chi connectivity index (χ1v) is 8.37. The summed E-state index contributed by atoms with van der Waals surface area (Å²) in [4.78, 5) is 30.7. The van der Waals surface area contributed by atoms with Crippen LogP contribution in [0.2, 0.25) is 0 Å². The summed E-state index contributed by atoms with van der Waals surface area (Å²) in [6.45, 7) is 3.28. The van der Waals surface area contributed by atoms with Crippen molar-refractivity contribution >= 4 is 16.9 Å². The number of para-hydroxylation sites is 2. The number of nitrogens with zero attached hydrogens (tertiary/aromatic N) is 5. The molecule has 25 heavy (non-hydrogen) atoms. The normalized spacial score (nSPS) is 17.3. The van der Waals surface area contributed by atoms with E-state index in [-0.39, 0.29) is 24.1 Å². The first kappa shape index (κ1) is 15.6. The van der Waals surface area contributed by atoms with Crippen LogP contribution in [0.3, 0.4) is 0 Å². The Bertz CT molecular complexity index is 990. The summed E-state index contributed by atoms with van der Waals surface area (Å²) < 4.78 is 3.42. The predicted molar refractivity (Wildman–Crippen MR) is 93.2 cm³/mol. The van der Waals surface area contributed by atoms with Crippen LogP contribution in [0, 0.1) is 6.92 Å². The van der Waals surface area contributed by atoms with Gasteiger partial charge in [-0.3, -0.25) is 9.59 Å². The van der Waals surface area contributed by atoms with E-state index in [0.717, 1.165) is 23.3 Å². The molecule has 1 fully saturated rings. The summed E-state index contributed by atoms with van der Waals surface area (Å²) in [6.07, 6.45) is 2.40. The smallest absolute Gasteiger partial charge is 0.267 e. The molecule has 1 aliphatic rings. The molecule has 7 nitrogen and oxygen atoms in total. The van der Waals surface area contributed by atoms with Crippen LogP contribution in [0.25, 0.3) is 11.0 Å². The zero-order valence-corrected chi connectivity index (χ0v) is 14.0. The number of rotatable bonds is 3. The van der Waals surface area contributed by atoms with Gasteiger partial charge in [0.15, 0.2) is 0 Å². The van der Waals surface area contributed by atoms with Crippen LogP contribution >= 0.6 is 0 Å². The van der Waals surface area contributed by atoms with E-state index in [1.54, 1.807) is 11.0 Å². The highest BCUT2D eigenvalue weighted by molar-refractivity contribution is 5.77. The van der Waals surface area contributed by atoms with Crippen molar-refractivity contribution in [3.05, 3.63) is 58.8 Å². The molecule has 3 heterocycles. The van der Waals surface area contributed by atoms with Gasteiger partial charge in [0.05, 0.1) is 17.1 Å². The summed E-state index contributed by atoms with van der Waals surface area (Å²) in [5.74, 6) is 0.881. The minimum atomic E-state index is -0.261. The summed E-state index contributed by atoms with van der Waals surface area (Å²) in [6, 6.07) is 11.2. The molecule has 1 saturated heterocycles. The summed E-state index contributed by atoms with van der Waals surface area (Å²) in [5, 5.41) is 3.96. The molecular weight excluding hydrogens is 318 g/mol. The maximum atomic E-state index is 12.5. The molecule has 0 aliphatic carbocycles. The summed E-state index contributed by atoms with van der Waals surface area (Å²) in [7, 11) is 0. The molecule has 1 atom stereocenters. The maximum absolute atomic E-state index is 12.5. The van der Waals surface area contributed by atoms with Crippen LogP contribution in [0.1, 0.15) is 18.3 Å².